The molecule has 2 unspecified atom stereocenters. The molecule has 0 bridgehead atoms. The second-order valence-corrected chi connectivity index (χ2v) is 6.16. The van der Waals surface area contributed by atoms with E-state index in [-0.39, 0.29) is 0 Å². The predicted octanol–water partition coefficient (Wildman–Crippen LogP) is 2.13. The summed E-state index contributed by atoms with van der Waals surface area (Å²) in [5.74, 6) is -1.08. The van der Waals surface area contributed by atoms with Crippen molar-refractivity contribution in [2.75, 3.05) is 31.1 Å². The molecular weight excluding hydrogens is 367 g/mol. The highest BCUT2D eigenvalue weighted by Gasteiger charge is 2.38. The maximum Gasteiger partial charge on any atom is 0.490 e. The predicted molar refractivity (Wildman–Crippen MR) is 77.7 cm³/mol. The van der Waals surface area contributed by atoms with Crippen LogP contribution in [0.5, 0.6) is 0 Å². The highest BCUT2D eigenvalue weighted by Crippen LogP contribution is 2.30. The van der Waals surface area contributed by atoms with Crippen molar-refractivity contribution in [1.29, 1.82) is 0 Å². The molecule has 2 N–H and O–H groups in total. The topological polar surface area (TPSA) is 65.5 Å². The number of carboxylic acids is 1. The fourth-order valence-electron chi connectivity index (χ4n) is 2.64. The standard InChI is InChI=1S/C11H14BrN3.C2HF3O2/c12-10-1-11(5-14-4-10)15-6-8-2-13-3-9(8)7-15;3-2(4,5)1(6)7/h1,4-5,8-9,13H,2-3,6-7H2;(H,6,7). The fraction of sp³-hybridized carbons (Fsp3) is 0.538. The van der Waals surface area contributed by atoms with Gasteiger partial charge in [-0.2, -0.15) is 13.2 Å². The Hall–Kier alpha value is -1.35. The molecule has 0 amide bonds. The van der Waals surface area contributed by atoms with Crippen molar-refractivity contribution in [3.8, 4) is 0 Å². The summed E-state index contributed by atoms with van der Waals surface area (Å²) in [6.07, 6.45) is -1.29. The fourth-order valence-corrected chi connectivity index (χ4v) is 2.99. The molecule has 122 valence electrons. The summed E-state index contributed by atoms with van der Waals surface area (Å²) in [4.78, 5) is 15.6. The van der Waals surface area contributed by atoms with E-state index in [0.717, 1.165) is 16.3 Å². The number of hydrogen-bond acceptors (Lipinski definition) is 4. The van der Waals surface area contributed by atoms with Crippen molar-refractivity contribution in [2.45, 2.75) is 6.18 Å². The lowest BCUT2D eigenvalue weighted by Gasteiger charge is -2.19. The number of fused-ring (bicyclic) bond motifs is 1. The van der Waals surface area contributed by atoms with Crippen molar-refractivity contribution < 1.29 is 23.1 Å². The van der Waals surface area contributed by atoms with Gasteiger partial charge >= 0.3 is 12.1 Å². The van der Waals surface area contributed by atoms with Crippen molar-refractivity contribution in [3.63, 3.8) is 0 Å². The van der Waals surface area contributed by atoms with Gasteiger partial charge in [0.1, 0.15) is 0 Å². The molecule has 2 saturated heterocycles. The Morgan fingerprint density at radius 3 is 2.32 bits per heavy atom. The smallest absolute Gasteiger partial charge is 0.475 e. The monoisotopic (exact) mass is 381 g/mol. The molecular formula is C13H15BrF3N3O2. The van der Waals surface area contributed by atoms with Crippen LogP contribution >= 0.6 is 15.9 Å². The molecule has 2 atom stereocenters. The Labute approximate surface area is 133 Å². The molecule has 2 aliphatic rings. The van der Waals surface area contributed by atoms with Gasteiger partial charge in [0.15, 0.2) is 0 Å². The molecule has 9 heteroatoms. The largest absolute Gasteiger partial charge is 0.490 e. The van der Waals surface area contributed by atoms with Crippen LogP contribution in [-0.4, -0.2) is 48.4 Å². The molecule has 0 saturated carbocycles. The molecule has 5 nitrogen and oxygen atoms in total. The number of alkyl halides is 3. The first-order valence-electron chi connectivity index (χ1n) is 6.63. The first kappa shape index (κ1) is 17.0. The maximum atomic E-state index is 10.6. The Balaban J connectivity index is 0.000000217. The zero-order chi connectivity index (χ0) is 16.3. The van der Waals surface area contributed by atoms with Gasteiger partial charge in [0, 0.05) is 36.8 Å². The molecule has 3 heterocycles. The van der Waals surface area contributed by atoms with Gasteiger partial charge in [-0.1, -0.05) is 0 Å². The lowest BCUT2D eigenvalue weighted by atomic mass is 10.0. The zero-order valence-corrected chi connectivity index (χ0v) is 13.1. The number of carboxylic acid groups (broad SMARTS) is 1. The van der Waals surface area contributed by atoms with Crippen LogP contribution in [0.4, 0.5) is 18.9 Å². The second kappa shape index (κ2) is 6.82. The van der Waals surface area contributed by atoms with Gasteiger partial charge in [-0.25, -0.2) is 4.79 Å². The number of anilines is 1. The van der Waals surface area contributed by atoms with E-state index < -0.39 is 12.1 Å². The average molecular weight is 382 g/mol. The Morgan fingerprint density at radius 1 is 1.32 bits per heavy atom. The van der Waals surface area contributed by atoms with E-state index in [4.69, 9.17) is 9.90 Å². The number of aromatic nitrogens is 1. The van der Waals surface area contributed by atoms with Gasteiger partial charge in [-0.3, -0.25) is 4.98 Å². The van der Waals surface area contributed by atoms with E-state index in [1.54, 1.807) is 0 Å². The van der Waals surface area contributed by atoms with Crippen LogP contribution < -0.4 is 10.2 Å². The summed E-state index contributed by atoms with van der Waals surface area (Å²) in [5, 5.41) is 10.6. The van der Waals surface area contributed by atoms with Crippen LogP contribution in [0, 0.1) is 11.8 Å². The van der Waals surface area contributed by atoms with Gasteiger partial charge in [-0.15, -0.1) is 0 Å². The zero-order valence-electron chi connectivity index (χ0n) is 11.5. The van der Waals surface area contributed by atoms with E-state index in [1.807, 2.05) is 12.4 Å². The molecule has 2 aliphatic heterocycles. The SMILES string of the molecule is Brc1cncc(N2CC3CNCC3C2)c1.O=C(O)C(F)(F)F. The maximum absolute atomic E-state index is 10.6. The molecule has 1 aromatic heterocycles. The third-order valence-electron chi connectivity index (χ3n) is 3.69. The van der Waals surface area contributed by atoms with Crippen LogP contribution in [0.1, 0.15) is 0 Å². The van der Waals surface area contributed by atoms with Crippen LogP contribution in [0.2, 0.25) is 0 Å². The number of nitrogens with zero attached hydrogens (tertiary/aromatic N) is 2. The van der Waals surface area contributed by atoms with Gasteiger partial charge in [0.05, 0.1) is 11.9 Å². The first-order chi connectivity index (χ1) is 10.3. The van der Waals surface area contributed by atoms with E-state index in [9.17, 15) is 13.2 Å². The van der Waals surface area contributed by atoms with E-state index in [1.165, 1.54) is 31.9 Å². The number of nitrogens with one attached hydrogen (secondary N) is 1. The minimum atomic E-state index is -5.08. The lowest BCUT2D eigenvalue weighted by molar-refractivity contribution is -0.192. The van der Waals surface area contributed by atoms with Crippen molar-refractivity contribution in [2.24, 2.45) is 11.8 Å². The number of carbonyl (C=O) groups is 1. The second-order valence-electron chi connectivity index (χ2n) is 5.25. The minimum Gasteiger partial charge on any atom is -0.475 e. The normalized spacial score (nSPS) is 23.7. The van der Waals surface area contributed by atoms with Crippen molar-refractivity contribution in [1.82, 2.24) is 10.3 Å². The molecule has 0 spiro atoms. The van der Waals surface area contributed by atoms with Crippen molar-refractivity contribution in [3.05, 3.63) is 22.9 Å². The highest BCUT2D eigenvalue weighted by atomic mass is 79.9. The highest BCUT2D eigenvalue weighted by molar-refractivity contribution is 9.10. The number of aliphatic carboxylic acids is 1. The summed E-state index contributed by atoms with van der Waals surface area (Å²) >= 11 is 3.47. The molecule has 22 heavy (non-hydrogen) atoms. The summed E-state index contributed by atoms with van der Waals surface area (Å²) in [6, 6.07) is 2.15. The quantitative estimate of drug-likeness (QED) is 0.779. The number of halogens is 4. The lowest BCUT2D eigenvalue weighted by Crippen LogP contribution is -2.25. The molecule has 1 aromatic rings. The first-order valence-corrected chi connectivity index (χ1v) is 7.43. The van der Waals surface area contributed by atoms with Crippen LogP contribution in [0.25, 0.3) is 0 Å². The number of hydrogen-bond donors (Lipinski definition) is 2. The molecule has 3 rings (SSSR count). The molecule has 0 aromatic carbocycles. The van der Waals surface area contributed by atoms with Crippen LogP contribution in [0.3, 0.4) is 0 Å². The number of rotatable bonds is 1. The molecule has 0 aliphatic carbocycles. The van der Waals surface area contributed by atoms with Gasteiger partial charge < -0.3 is 15.3 Å². The Kier molecular flexibility index (Phi) is 5.28. The Morgan fingerprint density at radius 2 is 1.86 bits per heavy atom. The summed E-state index contributed by atoms with van der Waals surface area (Å²) in [5.41, 5.74) is 1.25. The van der Waals surface area contributed by atoms with E-state index in [0.29, 0.717) is 0 Å². The van der Waals surface area contributed by atoms with E-state index in [2.05, 4.69) is 37.2 Å². The molecule has 2 fully saturated rings. The third-order valence-corrected chi connectivity index (χ3v) is 4.12. The van der Waals surface area contributed by atoms with Crippen LogP contribution in [-0.2, 0) is 4.79 Å². The van der Waals surface area contributed by atoms with Gasteiger partial charge in [-0.05, 0) is 33.8 Å². The van der Waals surface area contributed by atoms with Gasteiger partial charge in [0.25, 0.3) is 0 Å². The van der Waals surface area contributed by atoms with Crippen molar-refractivity contribution >= 4 is 27.6 Å². The summed E-state index contributed by atoms with van der Waals surface area (Å²) < 4.78 is 32.8. The van der Waals surface area contributed by atoms with Crippen LogP contribution in [0.15, 0.2) is 22.9 Å². The summed E-state index contributed by atoms with van der Waals surface area (Å²) in [7, 11) is 0. The Bertz CT molecular complexity index is 530. The molecule has 0 radical (unpaired) electrons. The average Bonchev–Trinajstić information content (AvgIpc) is 2.98. The van der Waals surface area contributed by atoms with Gasteiger partial charge in [0.2, 0.25) is 0 Å². The summed E-state index contributed by atoms with van der Waals surface area (Å²) in [6.45, 7) is 4.72. The third kappa shape index (κ3) is 4.33. The minimum absolute atomic E-state index is 0.837. The number of pyridine rings is 1. The van der Waals surface area contributed by atoms with E-state index >= 15 is 0 Å².